The van der Waals surface area contributed by atoms with Gasteiger partial charge in [-0.05, 0) is 27.7 Å². The highest BCUT2D eigenvalue weighted by Gasteiger charge is 2.26. The van der Waals surface area contributed by atoms with E-state index in [0.29, 0.717) is 11.4 Å². The van der Waals surface area contributed by atoms with Gasteiger partial charge in [0, 0.05) is 20.5 Å². The van der Waals surface area contributed by atoms with Crippen LogP contribution in [-0.4, -0.2) is 25.2 Å². The predicted octanol–water partition coefficient (Wildman–Crippen LogP) is 1.65. The molecule has 0 aromatic carbocycles. The molecular formula is C13H19NO4. The number of nitrogens with one attached hydrogen (secondary N) is 1. The van der Waals surface area contributed by atoms with Crippen molar-refractivity contribution in [2.24, 2.45) is 0 Å². The number of carbonyl (C=O) groups excluding carboxylic acids is 2. The largest absolute Gasteiger partial charge is 0.463 e. The lowest BCUT2D eigenvalue weighted by Gasteiger charge is -2.22. The summed E-state index contributed by atoms with van der Waals surface area (Å²) in [6, 6.07) is 0. The lowest BCUT2D eigenvalue weighted by atomic mass is 9.98. The first-order chi connectivity index (χ1) is 9.27. The monoisotopic (exact) mass is 255 g/mol. The molecule has 0 radical (unpaired) electrons. The van der Waals surface area contributed by atoms with Crippen LogP contribution in [0.5, 0.6) is 0 Å². The van der Waals surface area contributed by atoms with Crippen LogP contribution in [-0.2, 0) is 19.1 Å². The summed E-state index contributed by atoms with van der Waals surface area (Å²) in [5.74, 6) is -1.56. The Balaban J connectivity index is 3.27. The molecule has 18 heavy (non-hydrogen) atoms. The summed E-state index contributed by atoms with van der Waals surface area (Å²) in [7, 11) is 0. The number of esters is 2. The summed E-state index contributed by atoms with van der Waals surface area (Å²) in [6.45, 7) is 6.65. The highest BCUT2D eigenvalue weighted by molar-refractivity contribution is 5.96. The van der Waals surface area contributed by atoms with Crippen molar-refractivity contribution in [3.63, 3.8) is 0 Å². The third kappa shape index (κ3) is 3.12. The number of dihydropyridines is 1. The number of allylic oxidation sites excluding steroid dienone is 2. The zero-order chi connectivity index (χ0) is 15.5. The Labute approximate surface area is 110 Å². The summed E-state index contributed by atoms with van der Waals surface area (Å²) in [5, 5.41) is 2.83. The van der Waals surface area contributed by atoms with Gasteiger partial charge in [0.25, 0.3) is 0 Å². The zero-order valence-electron chi connectivity index (χ0n) is 13.0. The molecular weight excluding hydrogens is 234 g/mol. The summed E-state index contributed by atoms with van der Waals surface area (Å²) >= 11 is 0. The lowest BCUT2D eigenvalue weighted by Crippen LogP contribution is -2.26. The molecule has 5 nitrogen and oxygen atoms in total. The van der Waals surface area contributed by atoms with Crippen molar-refractivity contribution >= 4 is 11.9 Å². The molecule has 5 heteroatoms. The molecule has 0 amide bonds. The number of hydrogen-bond acceptors (Lipinski definition) is 5. The first-order valence-corrected chi connectivity index (χ1v) is 5.81. The van der Waals surface area contributed by atoms with Crippen molar-refractivity contribution in [2.45, 2.75) is 34.1 Å². The van der Waals surface area contributed by atoms with Crippen LogP contribution >= 0.6 is 0 Å². The summed E-state index contributed by atoms with van der Waals surface area (Å²) in [4.78, 5) is 23.8. The molecule has 0 unspecified atom stereocenters. The van der Waals surface area contributed by atoms with Crippen LogP contribution in [0.4, 0.5) is 0 Å². The fraction of sp³-hybridized carbons (Fsp3) is 0.538. The van der Waals surface area contributed by atoms with E-state index in [1.165, 1.54) is 0 Å². The normalized spacial score (nSPS) is 19.8. The van der Waals surface area contributed by atoms with Crippen LogP contribution in [0, 0.1) is 0 Å². The molecule has 0 spiro atoms. The highest BCUT2D eigenvalue weighted by atomic mass is 16.5. The molecule has 0 aromatic rings. The standard InChI is InChI=1S/C13H19NO4/c1-5-17-12(15)10-7-11(13(16)18-6-2)9(4)14-8(10)3/h14H,5-7H2,1-4H3/i7D2. The van der Waals surface area contributed by atoms with E-state index in [2.05, 4.69) is 5.32 Å². The van der Waals surface area contributed by atoms with E-state index < -0.39 is 18.3 Å². The molecule has 1 aliphatic heterocycles. The second-order valence-electron chi connectivity index (χ2n) is 3.69. The van der Waals surface area contributed by atoms with E-state index in [1.54, 1.807) is 27.7 Å². The minimum Gasteiger partial charge on any atom is -0.463 e. The topological polar surface area (TPSA) is 64.6 Å². The van der Waals surface area contributed by atoms with Crippen molar-refractivity contribution in [1.82, 2.24) is 5.32 Å². The van der Waals surface area contributed by atoms with E-state index in [0.717, 1.165) is 0 Å². The van der Waals surface area contributed by atoms with Gasteiger partial charge in [-0.25, -0.2) is 9.59 Å². The van der Waals surface area contributed by atoms with Gasteiger partial charge in [-0.15, -0.1) is 0 Å². The Hall–Kier alpha value is -1.78. The summed E-state index contributed by atoms with van der Waals surface area (Å²) in [5.41, 5.74) is 0.263. The van der Waals surface area contributed by atoms with Crippen LogP contribution in [0.25, 0.3) is 0 Å². The number of rotatable bonds is 4. The van der Waals surface area contributed by atoms with E-state index in [1.807, 2.05) is 0 Å². The predicted molar refractivity (Wildman–Crippen MR) is 66.4 cm³/mol. The molecule has 0 atom stereocenters. The summed E-state index contributed by atoms with van der Waals surface area (Å²) < 4.78 is 26.0. The van der Waals surface area contributed by atoms with Crippen LogP contribution in [0.15, 0.2) is 22.5 Å². The second-order valence-corrected chi connectivity index (χ2v) is 3.69. The second kappa shape index (κ2) is 6.23. The Morgan fingerprint density at radius 2 is 1.50 bits per heavy atom. The van der Waals surface area contributed by atoms with Crippen LogP contribution in [0.1, 0.15) is 36.8 Å². The van der Waals surface area contributed by atoms with Crippen molar-refractivity contribution in [2.75, 3.05) is 13.2 Å². The lowest BCUT2D eigenvalue weighted by molar-refractivity contribution is -0.139. The van der Waals surface area contributed by atoms with Gasteiger partial charge < -0.3 is 14.8 Å². The van der Waals surface area contributed by atoms with Gasteiger partial charge in [0.2, 0.25) is 0 Å². The average molecular weight is 255 g/mol. The zero-order valence-corrected chi connectivity index (χ0v) is 11.0. The maximum Gasteiger partial charge on any atom is 0.336 e. The first-order valence-electron chi connectivity index (χ1n) is 6.81. The molecule has 1 heterocycles. The van der Waals surface area contributed by atoms with E-state index >= 15 is 0 Å². The van der Waals surface area contributed by atoms with Gasteiger partial charge in [-0.3, -0.25) is 0 Å². The SMILES string of the molecule is [2H]C1([2H])C(C(=O)OCC)=C(C)NC(C)=C1C(=O)OCC. The molecule has 1 aliphatic rings. The van der Waals surface area contributed by atoms with Crippen molar-refractivity contribution in [1.29, 1.82) is 0 Å². The number of hydrogen-bond donors (Lipinski definition) is 1. The minimum atomic E-state index is -2.25. The first kappa shape index (κ1) is 11.3. The molecule has 100 valence electrons. The molecule has 0 bridgehead atoms. The molecule has 1 N–H and O–H groups in total. The molecule has 0 aromatic heterocycles. The number of carbonyl (C=O) groups is 2. The molecule has 0 saturated heterocycles. The smallest absolute Gasteiger partial charge is 0.336 e. The quantitative estimate of drug-likeness (QED) is 0.774. The van der Waals surface area contributed by atoms with Gasteiger partial charge in [0.1, 0.15) is 0 Å². The van der Waals surface area contributed by atoms with Crippen molar-refractivity contribution in [3.8, 4) is 0 Å². The Morgan fingerprint density at radius 3 is 1.83 bits per heavy atom. The van der Waals surface area contributed by atoms with Crippen molar-refractivity contribution in [3.05, 3.63) is 22.5 Å². The molecule has 0 saturated carbocycles. The maximum atomic E-state index is 11.9. The third-order valence-electron chi connectivity index (χ3n) is 2.33. The molecule has 0 fully saturated rings. The van der Waals surface area contributed by atoms with Crippen LogP contribution in [0.3, 0.4) is 0 Å². The fourth-order valence-corrected chi connectivity index (χ4v) is 1.53. The fourth-order valence-electron chi connectivity index (χ4n) is 1.53. The van der Waals surface area contributed by atoms with Crippen molar-refractivity contribution < 1.29 is 21.8 Å². The van der Waals surface area contributed by atoms with Crippen LogP contribution in [0.2, 0.25) is 0 Å². The Kier molecular flexibility index (Phi) is 3.92. The van der Waals surface area contributed by atoms with Gasteiger partial charge in [-0.2, -0.15) is 0 Å². The van der Waals surface area contributed by atoms with E-state index in [4.69, 9.17) is 12.2 Å². The third-order valence-corrected chi connectivity index (χ3v) is 2.33. The molecule has 0 aliphatic carbocycles. The highest BCUT2D eigenvalue weighted by Crippen LogP contribution is 2.24. The average Bonchev–Trinajstić information content (AvgIpc) is 2.27. The van der Waals surface area contributed by atoms with Gasteiger partial charge in [0.05, 0.1) is 24.4 Å². The Bertz CT molecular complexity index is 453. The minimum absolute atomic E-state index is 0.128. The van der Waals surface area contributed by atoms with E-state index in [-0.39, 0.29) is 24.4 Å². The van der Waals surface area contributed by atoms with E-state index in [9.17, 15) is 9.59 Å². The van der Waals surface area contributed by atoms with Crippen LogP contribution < -0.4 is 5.32 Å². The summed E-state index contributed by atoms with van der Waals surface area (Å²) in [6.07, 6.45) is -2.25. The van der Waals surface area contributed by atoms with Gasteiger partial charge >= 0.3 is 11.9 Å². The molecule has 1 rings (SSSR count). The Morgan fingerprint density at radius 1 is 1.11 bits per heavy atom. The number of ether oxygens (including phenoxy) is 2. The maximum absolute atomic E-state index is 11.9. The van der Waals surface area contributed by atoms with Gasteiger partial charge in [0.15, 0.2) is 0 Å². The van der Waals surface area contributed by atoms with Gasteiger partial charge in [-0.1, -0.05) is 0 Å².